The van der Waals surface area contributed by atoms with Crippen LogP contribution in [0.2, 0.25) is 0 Å². The summed E-state index contributed by atoms with van der Waals surface area (Å²) in [6, 6.07) is 5.49. The third kappa shape index (κ3) is 2.05. The van der Waals surface area contributed by atoms with E-state index in [4.69, 9.17) is 0 Å². The molecule has 0 aliphatic heterocycles. The Labute approximate surface area is 94.3 Å². The van der Waals surface area contributed by atoms with Gasteiger partial charge in [-0.2, -0.15) is 0 Å². The van der Waals surface area contributed by atoms with Crippen molar-refractivity contribution in [3.05, 3.63) is 36.3 Å². The first kappa shape index (κ1) is 10.7. The highest BCUT2D eigenvalue weighted by Crippen LogP contribution is 2.08. The summed E-state index contributed by atoms with van der Waals surface area (Å²) in [6.07, 6.45) is 3.47. The van der Waals surface area contributed by atoms with Crippen LogP contribution in [-0.4, -0.2) is 20.8 Å². The predicted octanol–water partition coefficient (Wildman–Crippen LogP) is 1.86. The fraction of sp³-hybridized carbons (Fsp3) is 0.333. The average molecular weight is 217 g/mol. The number of imidazole rings is 1. The van der Waals surface area contributed by atoms with Crippen LogP contribution in [0.4, 0.5) is 0 Å². The number of carbonyl (C=O) groups is 1. The molecule has 0 saturated carbocycles. The molecule has 2 rings (SSSR count). The number of hydrogen-bond acceptors (Lipinski definition) is 2. The van der Waals surface area contributed by atoms with E-state index < -0.39 is 0 Å². The van der Waals surface area contributed by atoms with Gasteiger partial charge >= 0.3 is 0 Å². The van der Waals surface area contributed by atoms with Crippen molar-refractivity contribution in [1.82, 2.24) is 14.7 Å². The van der Waals surface area contributed by atoms with Crippen molar-refractivity contribution in [2.24, 2.45) is 0 Å². The fourth-order valence-electron chi connectivity index (χ4n) is 1.54. The molecule has 4 heteroatoms. The molecule has 84 valence electrons. The Morgan fingerprint density at radius 2 is 2.12 bits per heavy atom. The molecular weight excluding hydrogens is 202 g/mol. The van der Waals surface area contributed by atoms with Crippen LogP contribution in [0.3, 0.4) is 0 Å². The number of amides is 1. The van der Waals surface area contributed by atoms with Gasteiger partial charge in [0.2, 0.25) is 0 Å². The van der Waals surface area contributed by atoms with Gasteiger partial charge in [-0.1, -0.05) is 6.07 Å². The molecule has 1 amide bonds. The van der Waals surface area contributed by atoms with Gasteiger partial charge in [-0.25, -0.2) is 4.98 Å². The standard InChI is InChI=1S/C12H15N3O/c1-12(2,3)14-11(16)9-5-4-6-10-13-7-8-15(9)10/h4-8H,1-3H3,(H,14,16). The molecule has 4 nitrogen and oxygen atoms in total. The van der Waals surface area contributed by atoms with Gasteiger partial charge in [0.15, 0.2) is 0 Å². The summed E-state index contributed by atoms with van der Waals surface area (Å²) in [6.45, 7) is 5.87. The lowest BCUT2D eigenvalue weighted by Gasteiger charge is -2.20. The van der Waals surface area contributed by atoms with E-state index in [1.165, 1.54) is 0 Å². The zero-order chi connectivity index (χ0) is 11.8. The second-order valence-corrected chi connectivity index (χ2v) is 4.77. The number of aromatic nitrogens is 2. The summed E-state index contributed by atoms with van der Waals surface area (Å²) < 4.78 is 1.78. The van der Waals surface area contributed by atoms with E-state index in [0.29, 0.717) is 5.69 Å². The number of nitrogens with zero attached hydrogens (tertiary/aromatic N) is 2. The van der Waals surface area contributed by atoms with Crippen molar-refractivity contribution in [2.75, 3.05) is 0 Å². The quantitative estimate of drug-likeness (QED) is 0.792. The fourth-order valence-corrected chi connectivity index (χ4v) is 1.54. The maximum atomic E-state index is 12.0. The predicted molar refractivity (Wildman–Crippen MR) is 62.4 cm³/mol. The summed E-state index contributed by atoms with van der Waals surface area (Å²) in [5, 5.41) is 2.93. The Balaban J connectivity index is 2.40. The van der Waals surface area contributed by atoms with Crippen LogP contribution in [0.5, 0.6) is 0 Å². The maximum Gasteiger partial charge on any atom is 0.268 e. The van der Waals surface area contributed by atoms with Crippen molar-refractivity contribution in [2.45, 2.75) is 26.3 Å². The van der Waals surface area contributed by atoms with Gasteiger partial charge in [-0.15, -0.1) is 0 Å². The summed E-state index contributed by atoms with van der Waals surface area (Å²) in [5.41, 5.74) is 1.14. The monoisotopic (exact) mass is 217 g/mol. The lowest BCUT2D eigenvalue weighted by atomic mass is 10.1. The largest absolute Gasteiger partial charge is 0.346 e. The van der Waals surface area contributed by atoms with E-state index in [0.717, 1.165) is 5.65 Å². The van der Waals surface area contributed by atoms with E-state index in [1.807, 2.05) is 32.9 Å². The summed E-state index contributed by atoms with van der Waals surface area (Å²) in [7, 11) is 0. The van der Waals surface area contributed by atoms with Gasteiger partial charge in [-0.3, -0.25) is 9.20 Å². The van der Waals surface area contributed by atoms with Gasteiger partial charge in [0, 0.05) is 17.9 Å². The van der Waals surface area contributed by atoms with E-state index >= 15 is 0 Å². The molecule has 0 fully saturated rings. The van der Waals surface area contributed by atoms with Gasteiger partial charge < -0.3 is 5.32 Å². The normalized spacial score (nSPS) is 11.7. The van der Waals surface area contributed by atoms with E-state index in [1.54, 1.807) is 22.9 Å². The van der Waals surface area contributed by atoms with Crippen molar-refractivity contribution in [1.29, 1.82) is 0 Å². The minimum Gasteiger partial charge on any atom is -0.346 e. The number of nitrogens with one attached hydrogen (secondary N) is 1. The Hall–Kier alpha value is -1.84. The molecule has 0 radical (unpaired) electrons. The van der Waals surface area contributed by atoms with Gasteiger partial charge in [0.25, 0.3) is 5.91 Å². The van der Waals surface area contributed by atoms with Crippen LogP contribution in [-0.2, 0) is 0 Å². The molecule has 0 aliphatic carbocycles. The molecule has 2 aromatic rings. The highest BCUT2D eigenvalue weighted by atomic mass is 16.2. The first-order valence-electron chi connectivity index (χ1n) is 5.22. The molecule has 2 heterocycles. The minimum absolute atomic E-state index is 0.0869. The van der Waals surface area contributed by atoms with Crippen molar-refractivity contribution in [3.8, 4) is 0 Å². The molecule has 0 bridgehead atoms. The summed E-state index contributed by atoms with van der Waals surface area (Å²) >= 11 is 0. The molecular formula is C12H15N3O. The summed E-state index contributed by atoms with van der Waals surface area (Å²) in [4.78, 5) is 16.2. The smallest absolute Gasteiger partial charge is 0.268 e. The van der Waals surface area contributed by atoms with Crippen LogP contribution >= 0.6 is 0 Å². The van der Waals surface area contributed by atoms with E-state index in [-0.39, 0.29) is 11.4 Å². The van der Waals surface area contributed by atoms with Crippen LogP contribution < -0.4 is 5.32 Å². The molecule has 0 aromatic carbocycles. The third-order valence-electron chi connectivity index (χ3n) is 2.15. The molecule has 1 N–H and O–H groups in total. The van der Waals surface area contributed by atoms with Gasteiger partial charge in [0.05, 0.1) is 0 Å². The topological polar surface area (TPSA) is 46.4 Å². The van der Waals surface area contributed by atoms with E-state index in [2.05, 4.69) is 10.3 Å². The molecule has 16 heavy (non-hydrogen) atoms. The Bertz CT molecular complexity index is 522. The second-order valence-electron chi connectivity index (χ2n) is 4.77. The number of pyridine rings is 1. The molecule has 0 aliphatic rings. The van der Waals surface area contributed by atoms with Crippen LogP contribution in [0.15, 0.2) is 30.6 Å². The summed E-state index contributed by atoms with van der Waals surface area (Å²) in [5.74, 6) is -0.0869. The molecule has 0 spiro atoms. The molecule has 0 unspecified atom stereocenters. The Morgan fingerprint density at radius 1 is 1.38 bits per heavy atom. The first-order valence-corrected chi connectivity index (χ1v) is 5.22. The Morgan fingerprint density at radius 3 is 2.81 bits per heavy atom. The average Bonchev–Trinajstić information content (AvgIpc) is 2.61. The highest BCUT2D eigenvalue weighted by molar-refractivity contribution is 5.93. The molecule has 2 aromatic heterocycles. The number of fused-ring (bicyclic) bond motifs is 1. The highest BCUT2D eigenvalue weighted by Gasteiger charge is 2.17. The number of carbonyl (C=O) groups excluding carboxylic acids is 1. The van der Waals surface area contributed by atoms with E-state index in [9.17, 15) is 4.79 Å². The van der Waals surface area contributed by atoms with Crippen LogP contribution in [0, 0.1) is 0 Å². The van der Waals surface area contributed by atoms with Gasteiger partial charge in [-0.05, 0) is 32.9 Å². The molecule has 0 atom stereocenters. The lowest BCUT2D eigenvalue weighted by Crippen LogP contribution is -2.41. The maximum absolute atomic E-state index is 12.0. The lowest BCUT2D eigenvalue weighted by molar-refractivity contribution is 0.0913. The zero-order valence-electron chi connectivity index (χ0n) is 9.69. The number of rotatable bonds is 1. The second kappa shape index (κ2) is 3.63. The minimum atomic E-state index is -0.236. The zero-order valence-corrected chi connectivity index (χ0v) is 9.69. The van der Waals surface area contributed by atoms with Gasteiger partial charge in [0.1, 0.15) is 11.3 Å². The molecule has 0 saturated heterocycles. The van der Waals surface area contributed by atoms with Crippen LogP contribution in [0.1, 0.15) is 31.3 Å². The van der Waals surface area contributed by atoms with Crippen LogP contribution in [0.25, 0.3) is 5.65 Å². The first-order chi connectivity index (χ1) is 7.47. The Kier molecular flexibility index (Phi) is 2.42. The van der Waals surface area contributed by atoms with Crippen molar-refractivity contribution < 1.29 is 4.79 Å². The SMILES string of the molecule is CC(C)(C)NC(=O)c1cccc2nccn12. The number of hydrogen-bond donors (Lipinski definition) is 1. The van der Waals surface area contributed by atoms with Crippen molar-refractivity contribution >= 4 is 11.6 Å². The third-order valence-corrected chi connectivity index (χ3v) is 2.15. The van der Waals surface area contributed by atoms with Crippen molar-refractivity contribution in [3.63, 3.8) is 0 Å².